The highest BCUT2D eigenvalue weighted by Gasteiger charge is 2.21. The molecule has 3 nitrogen and oxygen atoms in total. The zero-order chi connectivity index (χ0) is 11.2. The van der Waals surface area contributed by atoms with Crippen molar-refractivity contribution in [3.8, 4) is 0 Å². The first kappa shape index (κ1) is 12.3. The minimum absolute atomic E-state index is 0.420. The van der Waals surface area contributed by atoms with Gasteiger partial charge in [0.05, 0.1) is 12.7 Å². The summed E-state index contributed by atoms with van der Waals surface area (Å²) < 4.78 is 5.93. The van der Waals surface area contributed by atoms with E-state index in [1.807, 2.05) is 0 Å². The Morgan fingerprint density at radius 1 is 1.31 bits per heavy atom. The third-order valence-electron chi connectivity index (χ3n) is 3.63. The van der Waals surface area contributed by atoms with Crippen LogP contribution in [0, 0.1) is 0 Å². The molecule has 0 aromatic rings. The third kappa shape index (κ3) is 4.40. The molecule has 3 heteroatoms. The fourth-order valence-electron chi connectivity index (χ4n) is 2.26. The van der Waals surface area contributed by atoms with Crippen LogP contribution in [0.4, 0.5) is 0 Å². The van der Waals surface area contributed by atoms with Gasteiger partial charge in [-0.3, -0.25) is 0 Å². The number of hydrogen-bond donors (Lipinski definition) is 1. The molecular formula is C13H26N2O. The van der Waals surface area contributed by atoms with Crippen LogP contribution in [0.2, 0.25) is 0 Å². The van der Waals surface area contributed by atoms with Crippen molar-refractivity contribution in [3.63, 3.8) is 0 Å². The van der Waals surface area contributed by atoms with Gasteiger partial charge < -0.3 is 15.0 Å². The van der Waals surface area contributed by atoms with Gasteiger partial charge in [0.25, 0.3) is 0 Å². The molecule has 16 heavy (non-hydrogen) atoms. The molecular weight excluding hydrogens is 200 g/mol. The fraction of sp³-hybridized carbons (Fsp3) is 1.00. The molecule has 2 fully saturated rings. The first-order valence-corrected chi connectivity index (χ1v) is 6.96. The lowest BCUT2D eigenvalue weighted by Crippen LogP contribution is -2.32. The van der Waals surface area contributed by atoms with Crippen LogP contribution in [0.3, 0.4) is 0 Å². The molecule has 1 saturated carbocycles. The molecule has 1 aliphatic carbocycles. The molecule has 1 aliphatic heterocycles. The number of ether oxygens (including phenoxy) is 1. The summed E-state index contributed by atoms with van der Waals surface area (Å²) in [7, 11) is 0. The van der Waals surface area contributed by atoms with E-state index < -0.39 is 0 Å². The Hall–Kier alpha value is -0.120. The molecule has 2 aliphatic rings. The SMILES string of the molecule is CCC(CNC1CC1)OCCN1CCCC1. The van der Waals surface area contributed by atoms with Crippen LogP contribution in [0.15, 0.2) is 0 Å². The van der Waals surface area contributed by atoms with Crippen molar-refractivity contribution in [3.05, 3.63) is 0 Å². The normalized spacial score (nSPS) is 23.8. The van der Waals surface area contributed by atoms with Gasteiger partial charge in [0.1, 0.15) is 0 Å². The molecule has 0 aromatic carbocycles. The Morgan fingerprint density at radius 3 is 2.69 bits per heavy atom. The van der Waals surface area contributed by atoms with Crippen molar-refractivity contribution in [1.82, 2.24) is 10.2 Å². The minimum Gasteiger partial charge on any atom is -0.376 e. The van der Waals surface area contributed by atoms with Gasteiger partial charge in [-0.2, -0.15) is 0 Å². The standard InChI is InChI=1S/C13H26N2O/c1-2-13(11-14-12-5-6-12)16-10-9-15-7-3-4-8-15/h12-14H,2-11H2,1H3. The summed E-state index contributed by atoms with van der Waals surface area (Å²) in [5.74, 6) is 0. The zero-order valence-corrected chi connectivity index (χ0v) is 10.6. The molecule has 2 rings (SSSR count). The van der Waals surface area contributed by atoms with Gasteiger partial charge in [0.15, 0.2) is 0 Å². The third-order valence-corrected chi connectivity index (χ3v) is 3.63. The monoisotopic (exact) mass is 226 g/mol. The quantitative estimate of drug-likeness (QED) is 0.681. The smallest absolute Gasteiger partial charge is 0.0697 e. The molecule has 0 aromatic heterocycles. The zero-order valence-electron chi connectivity index (χ0n) is 10.6. The summed E-state index contributed by atoms with van der Waals surface area (Å²) in [5.41, 5.74) is 0. The van der Waals surface area contributed by atoms with E-state index in [-0.39, 0.29) is 0 Å². The molecule has 1 N–H and O–H groups in total. The molecule has 0 spiro atoms. The molecule has 1 saturated heterocycles. The molecule has 1 atom stereocenters. The van der Waals surface area contributed by atoms with E-state index in [4.69, 9.17) is 4.74 Å². The number of rotatable bonds is 8. The van der Waals surface area contributed by atoms with Crippen molar-refractivity contribution in [1.29, 1.82) is 0 Å². The van der Waals surface area contributed by atoms with E-state index in [9.17, 15) is 0 Å². The van der Waals surface area contributed by atoms with Gasteiger partial charge in [-0.1, -0.05) is 6.92 Å². The second-order valence-electron chi connectivity index (χ2n) is 5.13. The van der Waals surface area contributed by atoms with E-state index in [1.165, 1.54) is 38.8 Å². The van der Waals surface area contributed by atoms with Crippen LogP contribution in [0.5, 0.6) is 0 Å². The summed E-state index contributed by atoms with van der Waals surface area (Å²) in [6.07, 6.45) is 7.03. The lowest BCUT2D eigenvalue weighted by Gasteiger charge is -2.19. The summed E-state index contributed by atoms with van der Waals surface area (Å²) in [6.45, 7) is 7.85. The van der Waals surface area contributed by atoms with E-state index in [0.29, 0.717) is 6.10 Å². The van der Waals surface area contributed by atoms with Crippen molar-refractivity contribution in [2.45, 2.75) is 51.2 Å². The second kappa shape index (κ2) is 6.58. The molecule has 94 valence electrons. The van der Waals surface area contributed by atoms with Crippen molar-refractivity contribution in [2.24, 2.45) is 0 Å². The Labute approximate surface area is 99.5 Å². The van der Waals surface area contributed by atoms with E-state index in [0.717, 1.165) is 32.2 Å². The molecule has 1 unspecified atom stereocenters. The topological polar surface area (TPSA) is 24.5 Å². The first-order valence-electron chi connectivity index (χ1n) is 6.96. The summed E-state index contributed by atoms with van der Waals surface area (Å²) in [4.78, 5) is 2.51. The number of hydrogen-bond acceptors (Lipinski definition) is 3. The van der Waals surface area contributed by atoms with E-state index in [1.54, 1.807) is 0 Å². The lowest BCUT2D eigenvalue weighted by atomic mass is 10.3. The van der Waals surface area contributed by atoms with Crippen molar-refractivity contribution < 1.29 is 4.74 Å². The minimum atomic E-state index is 0.420. The Bertz CT molecular complexity index is 188. The lowest BCUT2D eigenvalue weighted by molar-refractivity contribution is 0.0386. The molecule has 0 radical (unpaired) electrons. The highest BCUT2D eigenvalue weighted by atomic mass is 16.5. The number of likely N-dealkylation sites (tertiary alicyclic amines) is 1. The first-order chi connectivity index (χ1) is 7.88. The van der Waals surface area contributed by atoms with E-state index in [2.05, 4.69) is 17.1 Å². The Kier molecular flexibility index (Phi) is 5.07. The van der Waals surface area contributed by atoms with Gasteiger partial charge in [0.2, 0.25) is 0 Å². The van der Waals surface area contributed by atoms with Gasteiger partial charge in [-0.25, -0.2) is 0 Å². The molecule has 1 heterocycles. The predicted molar refractivity (Wildman–Crippen MR) is 66.7 cm³/mol. The van der Waals surface area contributed by atoms with Crippen LogP contribution < -0.4 is 5.32 Å². The highest BCUT2D eigenvalue weighted by Crippen LogP contribution is 2.18. The number of nitrogens with zero attached hydrogens (tertiary/aromatic N) is 1. The maximum absolute atomic E-state index is 5.93. The van der Waals surface area contributed by atoms with E-state index >= 15 is 0 Å². The van der Waals surface area contributed by atoms with Crippen LogP contribution in [-0.4, -0.2) is 49.8 Å². The number of nitrogens with one attached hydrogen (secondary N) is 1. The summed E-state index contributed by atoms with van der Waals surface area (Å²) >= 11 is 0. The van der Waals surface area contributed by atoms with Gasteiger partial charge in [-0.15, -0.1) is 0 Å². The maximum atomic E-state index is 5.93. The van der Waals surface area contributed by atoms with Gasteiger partial charge in [0, 0.05) is 19.1 Å². The average Bonchev–Trinajstić information content (AvgIpc) is 2.99. The summed E-state index contributed by atoms with van der Waals surface area (Å²) in [6, 6.07) is 0.802. The fourth-order valence-corrected chi connectivity index (χ4v) is 2.26. The van der Waals surface area contributed by atoms with Crippen LogP contribution in [0.1, 0.15) is 39.0 Å². The Morgan fingerprint density at radius 2 is 2.06 bits per heavy atom. The molecule has 0 bridgehead atoms. The summed E-state index contributed by atoms with van der Waals surface area (Å²) in [5, 5.41) is 3.55. The van der Waals surface area contributed by atoms with Crippen molar-refractivity contribution >= 4 is 0 Å². The van der Waals surface area contributed by atoms with Crippen LogP contribution >= 0.6 is 0 Å². The Balaban J connectivity index is 1.51. The largest absolute Gasteiger partial charge is 0.376 e. The van der Waals surface area contributed by atoms with Gasteiger partial charge >= 0.3 is 0 Å². The molecule has 0 amide bonds. The second-order valence-corrected chi connectivity index (χ2v) is 5.13. The van der Waals surface area contributed by atoms with Crippen LogP contribution in [0.25, 0.3) is 0 Å². The average molecular weight is 226 g/mol. The van der Waals surface area contributed by atoms with Gasteiger partial charge in [-0.05, 0) is 45.2 Å². The predicted octanol–water partition coefficient (Wildman–Crippen LogP) is 1.63. The van der Waals surface area contributed by atoms with Crippen molar-refractivity contribution in [2.75, 3.05) is 32.8 Å². The maximum Gasteiger partial charge on any atom is 0.0697 e. The van der Waals surface area contributed by atoms with Crippen LogP contribution in [-0.2, 0) is 4.74 Å². The highest BCUT2D eigenvalue weighted by molar-refractivity contribution is 4.81.